The third kappa shape index (κ3) is 1.93. The Morgan fingerprint density at radius 1 is 0.667 bits per heavy atom. The van der Waals surface area contributed by atoms with Crippen LogP contribution in [0.4, 0.5) is 15.8 Å². The number of para-hydroxylation sites is 1. The summed E-state index contributed by atoms with van der Waals surface area (Å²) in [6.07, 6.45) is 0. The van der Waals surface area contributed by atoms with Crippen LogP contribution in [0.25, 0.3) is 10.8 Å². The lowest BCUT2D eigenvalue weighted by Crippen LogP contribution is -1.94. The summed E-state index contributed by atoms with van der Waals surface area (Å²) >= 11 is 0. The zero-order valence-electron chi connectivity index (χ0n) is 9.73. The van der Waals surface area contributed by atoms with Crippen molar-refractivity contribution in [3.05, 3.63) is 72.5 Å². The first-order chi connectivity index (χ1) is 8.84. The minimum Gasteiger partial charge on any atom is -0.353 e. The second-order valence-corrected chi connectivity index (χ2v) is 4.13. The summed E-state index contributed by atoms with van der Waals surface area (Å²) in [5.41, 5.74) is 1.41. The molecule has 0 fully saturated rings. The molecule has 3 rings (SSSR count). The fourth-order valence-corrected chi connectivity index (χ4v) is 2.04. The first-order valence-corrected chi connectivity index (χ1v) is 5.84. The second kappa shape index (κ2) is 4.49. The van der Waals surface area contributed by atoms with Crippen molar-refractivity contribution in [2.45, 2.75) is 0 Å². The number of benzene rings is 3. The van der Waals surface area contributed by atoms with Gasteiger partial charge in [0.15, 0.2) is 0 Å². The number of hydrogen-bond acceptors (Lipinski definition) is 1. The Bertz CT molecular complexity index is 686. The molecule has 0 saturated heterocycles. The monoisotopic (exact) mass is 237 g/mol. The Balaban J connectivity index is 2.08. The van der Waals surface area contributed by atoms with E-state index in [1.165, 1.54) is 6.07 Å². The smallest absolute Gasteiger partial charge is 0.146 e. The lowest BCUT2D eigenvalue weighted by molar-refractivity contribution is 0.632. The standard InChI is InChI=1S/C16H12FN/c17-14-9-3-4-10-16(14)18-15-11-5-7-12-6-1-2-8-13(12)15/h1-11,18H. The van der Waals surface area contributed by atoms with E-state index in [2.05, 4.69) is 5.32 Å². The lowest BCUT2D eigenvalue weighted by Gasteiger charge is -2.10. The van der Waals surface area contributed by atoms with E-state index in [4.69, 9.17) is 0 Å². The highest BCUT2D eigenvalue weighted by molar-refractivity contribution is 5.95. The van der Waals surface area contributed by atoms with E-state index in [9.17, 15) is 4.39 Å². The zero-order chi connectivity index (χ0) is 12.4. The molecule has 2 heteroatoms. The Kier molecular flexibility index (Phi) is 2.69. The van der Waals surface area contributed by atoms with Crippen LogP contribution in [0.15, 0.2) is 66.7 Å². The highest BCUT2D eigenvalue weighted by Crippen LogP contribution is 2.27. The highest BCUT2D eigenvalue weighted by Gasteiger charge is 2.03. The predicted octanol–water partition coefficient (Wildman–Crippen LogP) is 4.72. The summed E-state index contributed by atoms with van der Waals surface area (Å²) in [5, 5.41) is 5.36. The van der Waals surface area contributed by atoms with Gasteiger partial charge in [0.2, 0.25) is 0 Å². The van der Waals surface area contributed by atoms with E-state index in [1.54, 1.807) is 12.1 Å². The molecule has 0 heterocycles. The molecule has 88 valence electrons. The molecule has 3 aromatic carbocycles. The Morgan fingerprint density at radius 2 is 1.33 bits per heavy atom. The summed E-state index contributed by atoms with van der Waals surface area (Å²) in [6.45, 7) is 0. The summed E-state index contributed by atoms with van der Waals surface area (Å²) in [5.74, 6) is -0.245. The average Bonchev–Trinajstić information content (AvgIpc) is 2.42. The van der Waals surface area contributed by atoms with Gasteiger partial charge in [-0.2, -0.15) is 0 Å². The second-order valence-electron chi connectivity index (χ2n) is 4.13. The van der Waals surface area contributed by atoms with Crippen molar-refractivity contribution in [3.8, 4) is 0 Å². The topological polar surface area (TPSA) is 12.0 Å². The van der Waals surface area contributed by atoms with E-state index >= 15 is 0 Å². The van der Waals surface area contributed by atoms with Crippen molar-refractivity contribution in [3.63, 3.8) is 0 Å². The van der Waals surface area contributed by atoms with Gasteiger partial charge in [-0.25, -0.2) is 4.39 Å². The van der Waals surface area contributed by atoms with Gasteiger partial charge in [-0.15, -0.1) is 0 Å². The first kappa shape index (κ1) is 10.8. The zero-order valence-corrected chi connectivity index (χ0v) is 9.73. The van der Waals surface area contributed by atoms with Crippen LogP contribution in [-0.2, 0) is 0 Å². The van der Waals surface area contributed by atoms with E-state index in [1.807, 2.05) is 48.5 Å². The molecule has 0 aliphatic rings. The summed E-state index contributed by atoms with van der Waals surface area (Å²) < 4.78 is 13.6. The number of fused-ring (bicyclic) bond motifs is 1. The average molecular weight is 237 g/mol. The molecule has 0 bridgehead atoms. The van der Waals surface area contributed by atoms with E-state index in [-0.39, 0.29) is 5.82 Å². The lowest BCUT2D eigenvalue weighted by atomic mass is 10.1. The summed E-state index contributed by atoms with van der Waals surface area (Å²) in [6, 6.07) is 20.7. The van der Waals surface area contributed by atoms with Gasteiger partial charge >= 0.3 is 0 Å². The Labute approximate surface area is 105 Å². The molecular weight excluding hydrogens is 225 g/mol. The molecule has 0 aliphatic carbocycles. The minimum atomic E-state index is -0.245. The Hall–Kier alpha value is -2.35. The molecule has 0 amide bonds. The summed E-state index contributed by atoms with van der Waals surface area (Å²) in [7, 11) is 0. The number of anilines is 2. The number of nitrogens with one attached hydrogen (secondary N) is 1. The quantitative estimate of drug-likeness (QED) is 0.679. The van der Waals surface area contributed by atoms with Crippen LogP contribution in [0, 0.1) is 5.82 Å². The van der Waals surface area contributed by atoms with Crippen LogP contribution >= 0.6 is 0 Å². The van der Waals surface area contributed by atoms with Gasteiger partial charge in [0, 0.05) is 11.1 Å². The van der Waals surface area contributed by atoms with Gasteiger partial charge in [-0.05, 0) is 23.6 Å². The largest absolute Gasteiger partial charge is 0.353 e. The number of rotatable bonds is 2. The molecule has 3 aromatic rings. The molecule has 18 heavy (non-hydrogen) atoms. The van der Waals surface area contributed by atoms with Crippen molar-refractivity contribution in [1.82, 2.24) is 0 Å². The van der Waals surface area contributed by atoms with Gasteiger partial charge in [0.1, 0.15) is 5.82 Å². The molecule has 1 N–H and O–H groups in total. The fourth-order valence-electron chi connectivity index (χ4n) is 2.04. The van der Waals surface area contributed by atoms with Crippen molar-refractivity contribution in [1.29, 1.82) is 0 Å². The van der Waals surface area contributed by atoms with Gasteiger partial charge in [-0.3, -0.25) is 0 Å². The molecule has 0 unspecified atom stereocenters. The number of hydrogen-bond donors (Lipinski definition) is 1. The van der Waals surface area contributed by atoms with Crippen LogP contribution < -0.4 is 5.32 Å². The Morgan fingerprint density at radius 3 is 2.22 bits per heavy atom. The third-order valence-corrected chi connectivity index (χ3v) is 2.93. The van der Waals surface area contributed by atoms with Crippen LogP contribution in [0.5, 0.6) is 0 Å². The molecule has 0 aliphatic heterocycles. The predicted molar refractivity (Wildman–Crippen MR) is 73.6 cm³/mol. The third-order valence-electron chi connectivity index (χ3n) is 2.93. The molecule has 0 spiro atoms. The van der Waals surface area contributed by atoms with E-state index < -0.39 is 0 Å². The SMILES string of the molecule is Fc1ccccc1Nc1cccc2ccccc12. The molecule has 0 atom stereocenters. The van der Waals surface area contributed by atoms with Crippen molar-refractivity contribution < 1.29 is 4.39 Å². The maximum absolute atomic E-state index is 13.6. The van der Waals surface area contributed by atoms with Crippen molar-refractivity contribution in [2.75, 3.05) is 5.32 Å². The number of halogens is 1. The maximum atomic E-state index is 13.6. The molecule has 0 aromatic heterocycles. The molecule has 1 nitrogen and oxygen atoms in total. The molecular formula is C16H12FN. The van der Waals surface area contributed by atoms with Crippen molar-refractivity contribution >= 4 is 22.1 Å². The van der Waals surface area contributed by atoms with Crippen LogP contribution in [-0.4, -0.2) is 0 Å². The van der Waals surface area contributed by atoms with Gasteiger partial charge < -0.3 is 5.32 Å². The van der Waals surface area contributed by atoms with Crippen LogP contribution in [0.2, 0.25) is 0 Å². The fraction of sp³-hybridized carbons (Fsp3) is 0. The van der Waals surface area contributed by atoms with E-state index in [0.717, 1.165) is 16.5 Å². The summed E-state index contributed by atoms with van der Waals surface area (Å²) in [4.78, 5) is 0. The van der Waals surface area contributed by atoms with Gasteiger partial charge in [0.05, 0.1) is 5.69 Å². The highest BCUT2D eigenvalue weighted by atomic mass is 19.1. The van der Waals surface area contributed by atoms with Crippen LogP contribution in [0.3, 0.4) is 0 Å². The van der Waals surface area contributed by atoms with Gasteiger partial charge in [0.25, 0.3) is 0 Å². The maximum Gasteiger partial charge on any atom is 0.146 e. The van der Waals surface area contributed by atoms with Gasteiger partial charge in [-0.1, -0.05) is 48.5 Å². The molecule has 0 saturated carbocycles. The molecule has 0 radical (unpaired) electrons. The van der Waals surface area contributed by atoms with E-state index in [0.29, 0.717) is 5.69 Å². The first-order valence-electron chi connectivity index (χ1n) is 5.84. The minimum absolute atomic E-state index is 0.245. The normalized spacial score (nSPS) is 10.5. The van der Waals surface area contributed by atoms with Crippen molar-refractivity contribution in [2.24, 2.45) is 0 Å². The van der Waals surface area contributed by atoms with Crippen LogP contribution in [0.1, 0.15) is 0 Å².